The van der Waals surface area contributed by atoms with Crippen molar-refractivity contribution in [3.05, 3.63) is 59.2 Å². The molecular weight excluding hydrogens is 335 g/mol. The number of likely N-dealkylation sites (tertiary alicyclic amines) is 1. The van der Waals surface area contributed by atoms with Gasteiger partial charge in [-0.2, -0.15) is 13.2 Å². The van der Waals surface area contributed by atoms with E-state index in [0.717, 1.165) is 12.1 Å². The third kappa shape index (κ3) is 3.63. The molecule has 1 saturated heterocycles. The van der Waals surface area contributed by atoms with Crippen molar-refractivity contribution < 1.29 is 23.1 Å². The number of alkyl halides is 3. The lowest BCUT2D eigenvalue weighted by atomic mass is 10.0. The highest BCUT2D eigenvalue weighted by Crippen LogP contribution is 2.36. The van der Waals surface area contributed by atoms with Gasteiger partial charge >= 0.3 is 6.18 Å². The van der Waals surface area contributed by atoms with Crippen LogP contribution in [0.5, 0.6) is 0 Å². The van der Waals surface area contributed by atoms with Crippen molar-refractivity contribution in [1.29, 1.82) is 0 Å². The van der Waals surface area contributed by atoms with Crippen molar-refractivity contribution in [2.45, 2.75) is 31.7 Å². The third-order valence-corrected chi connectivity index (χ3v) is 4.14. The van der Waals surface area contributed by atoms with Crippen molar-refractivity contribution in [2.24, 2.45) is 0 Å². The SMILES string of the molecule is Cc1cnc(C(=O)N2C[C@H](O)C[C@H]2c2cccc(C(F)(F)F)c2)cn1. The van der Waals surface area contributed by atoms with Gasteiger partial charge in [-0.15, -0.1) is 0 Å². The van der Waals surface area contributed by atoms with Crippen molar-refractivity contribution >= 4 is 5.91 Å². The number of aromatic nitrogens is 2. The van der Waals surface area contributed by atoms with E-state index in [0.29, 0.717) is 11.3 Å². The standard InChI is InChI=1S/C17H16F3N3O2/c1-10-7-22-14(8-21-10)16(25)23-9-13(24)6-15(23)11-3-2-4-12(5-11)17(18,19)20/h2-5,7-8,13,15,24H,6,9H2,1H3/t13-,15+/m1/s1. The van der Waals surface area contributed by atoms with Gasteiger partial charge in [0.15, 0.2) is 0 Å². The topological polar surface area (TPSA) is 66.3 Å². The predicted octanol–water partition coefficient (Wildman–Crippen LogP) is 2.75. The number of halogens is 3. The van der Waals surface area contributed by atoms with Crippen LogP contribution in [0.3, 0.4) is 0 Å². The zero-order valence-electron chi connectivity index (χ0n) is 13.4. The smallest absolute Gasteiger partial charge is 0.391 e. The summed E-state index contributed by atoms with van der Waals surface area (Å²) >= 11 is 0. The van der Waals surface area contributed by atoms with E-state index in [1.807, 2.05) is 0 Å². The Morgan fingerprint density at radius 3 is 2.68 bits per heavy atom. The molecule has 0 bridgehead atoms. The number of hydrogen-bond donors (Lipinski definition) is 1. The van der Waals surface area contributed by atoms with E-state index in [1.165, 1.54) is 29.4 Å². The molecule has 0 radical (unpaired) electrons. The molecule has 132 valence electrons. The predicted molar refractivity (Wildman–Crippen MR) is 82.6 cm³/mol. The molecular formula is C17H16F3N3O2. The Morgan fingerprint density at radius 2 is 2.04 bits per heavy atom. The summed E-state index contributed by atoms with van der Waals surface area (Å²) < 4.78 is 38.8. The van der Waals surface area contributed by atoms with Gasteiger partial charge < -0.3 is 10.0 Å². The number of aliphatic hydroxyl groups excluding tert-OH is 1. The monoisotopic (exact) mass is 351 g/mol. The van der Waals surface area contributed by atoms with Crippen LogP contribution in [-0.2, 0) is 6.18 Å². The molecule has 1 aliphatic rings. The first kappa shape index (κ1) is 17.3. The van der Waals surface area contributed by atoms with Gasteiger partial charge in [-0.25, -0.2) is 4.98 Å². The molecule has 1 amide bonds. The molecule has 3 rings (SSSR count). The number of aliphatic hydroxyl groups is 1. The number of nitrogens with zero attached hydrogens (tertiary/aromatic N) is 3. The summed E-state index contributed by atoms with van der Waals surface area (Å²) in [5.41, 5.74) is 0.290. The number of hydrogen-bond acceptors (Lipinski definition) is 4. The van der Waals surface area contributed by atoms with Crippen LogP contribution in [0.15, 0.2) is 36.7 Å². The summed E-state index contributed by atoms with van der Waals surface area (Å²) in [5, 5.41) is 9.95. The largest absolute Gasteiger partial charge is 0.416 e. The van der Waals surface area contributed by atoms with Crippen molar-refractivity contribution in [3.8, 4) is 0 Å². The van der Waals surface area contributed by atoms with E-state index < -0.39 is 29.8 Å². The van der Waals surface area contributed by atoms with Gasteiger partial charge in [0.05, 0.1) is 29.6 Å². The van der Waals surface area contributed by atoms with Crippen LogP contribution in [0.2, 0.25) is 0 Å². The lowest BCUT2D eigenvalue weighted by molar-refractivity contribution is -0.137. The van der Waals surface area contributed by atoms with E-state index in [-0.39, 0.29) is 18.7 Å². The average Bonchev–Trinajstić information content (AvgIpc) is 2.96. The molecule has 1 fully saturated rings. The first-order valence-electron chi connectivity index (χ1n) is 7.70. The Balaban J connectivity index is 1.92. The maximum atomic E-state index is 12.9. The highest BCUT2D eigenvalue weighted by atomic mass is 19.4. The molecule has 8 heteroatoms. The fourth-order valence-electron chi connectivity index (χ4n) is 2.93. The molecule has 2 aromatic rings. The minimum absolute atomic E-state index is 0.0370. The first-order chi connectivity index (χ1) is 11.8. The number of β-amino-alcohol motifs (C(OH)–C–C–N with tert-alkyl or cyclic N) is 1. The zero-order valence-corrected chi connectivity index (χ0v) is 13.4. The van der Waals surface area contributed by atoms with Crippen LogP contribution in [0.4, 0.5) is 13.2 Å². The number of amides is 1. The van der Waals surface area contributed by atoms with Crippen LogP contribution in [-0.4, -0.2) is 38.5 Å². The Labute approximate surface area is 142 Å². The van der Waals surface area contributed by atoms with E-state index in [4.69, 9.17) is 0 Å². The van der Waals surface area contributed by atoms with Crippen LogP contribution < -0.4 is 0 Å². The molecule has 0 aliphatic carbocycles. The normalized spacial score (nSPS) is 20.8. The average molecular weight is 351 g/mol. The molecule has 1 aromatic carbocycles. The summed E-state index contributed by atoms with van der Waals surface area (Å²) in [7, 11) is 0. The fraction of sp³-hybridized carbons (Fsp3) is 0.353. The maximum absolute atomic E-state index is 12.9. The maximum Gasteiger partial charge on any atom is 0.416 e. The summed E-state index contributed by atoms with van der Waals surface area (Å²) in [6, 6.07) is 4.18. The summed E-state index contributed by atoms with van der Waals surface area (Å²) in [6.07, 6.45) is -2.33. The second kappa shape index (κ2) is 6.44. The third-order valence-electron chi connectivity index (χ3n) is 4.14. The minimum Gasteiger partial charge on any atom is -0.391 e. The lowest BCUT2D eigenvalue weighted by Gasteiger charge is -2.25. The molecule has 0 unspecified atom stereocenters. The van der Waals surface area contributed by atoms with Gasteiger partial charge in [0, 0.05) is 12.7 Å². The first-order valence-corrected chi connectivity index (χ1v) is 7.70. The second-order valence-electron chi connectivity index (χ2n) is 6.03. The number of carbonyl (C=O) groups is 1. The lowest BCUT2D eigenvalue weighted by Crippen LogP contribution is -2.32. The molecule has 0 saturated carbocycles. The molecule has 2 heterocycles. The van der Waals surface area contributed by atoms with E-state index >= 15 is 0 Å². The van der Waals surface area contributed by atoms with Crippen LogP contribution in [0.25, 0.3) is 0 Å². The quantitative estimate of drug-likeness (QED) is 0.904. The van der Waals surface area contributed by atoms with Crippen LogP contribution in [0.1, 0.15) is 39.8 Å². The Hall–Kier alpha value is -2.48. The summed E-state index contributed by atoms with van der Waals surface area (Å²) in [4.78, 5) is 22.0. The van der Waals surface area contributed by atoms with Gasteiger partial charge in [-0.1, -0.05) is 12.1 Å². The molecule has 1 aliphatic heterocycles. The molecule has 1 aromatic heterocycles. The van der Waals surface area contributed by atoms with Gasteiger partial charge in [0.25, 0.3) is 5.91 Å². The molecule has 5 nitrogen and oxygen atoms in total. The summed E-state index contributed by atoms with van der Waals surface area (Å²) in [6.45, 7) is 1.77. The van der Waals surface area contributed by atoms with Crippen molar-refractivity contribution in [3.63, 3.8) is 0 Å². The molecule has 2 atom stereocenters. The number of benzene rings is 1. The van der Waals surface area contributed by atoms with E-state index in [2.05, 4.69) is 9.97 Å². The number of aryl methyl sites for hydroxylation is 1. The fourth-order valence-corrected chi connectivity index (χ4v) is 2.93. The second-order valence-corrected chi connectivity index (χ2v) is 6.03. The zero-order chi connectivity index (χ0) is 18.2. The van der Waals surface area contributed by atoms with Gasteiger partial charge in [0.2, 0.25) is 0 Å². The van der Waals surface area contributed by atoms with Gasteiger partial charge in [-0.05, 0) is 31.0 Å². The van der Waals surface area contributed by atoms with E-state index in [1.54, 1.807) is 6.92 Å². The Morgan fingerprint density at radius 1 is 1.28 bits per heavy atom. The minimum atomic E-state index is -4.47. The highest BCUT2D eigenvalue weighted by molar-refractivity contribution is 5.92. The van der Waals surface area contributed by atoms with Crippen molar-refractivity contribution in [1.82, 2.24) is 14.9 Å². The summed E-state index contributed by atoms with van der Waals surface area (Å²) in [5.74, 6) is -0.466. The van der Waals surface area contributed by atoms with Gasteiger partial charge in [-0.3, -0.25) is 9.78 Å². The molecule has 1 N–H and O–H groups in total. The Kier molecular flexibility index (Phi) is 4.47. The number of rotatable bonds is 2. The Bertz CT molecular complexity index is 777. The molecule has 25 heavy (non-hydrogen) atoms. The van der Waals surface area contributed by atoms with Crippen LogP contribution in [0, 0.1) is 6.92 Å². The van der Waals surface area contributed by atoms with Gasteiger partial charge in [0.1, 0.15) is 5.69 Å². The molecule has 0 spiro atoms. The highest BCUT2D eigenvalue weighted by Gasteiger charge is 2.38. The number of carbonyl (C=O) groups excluding carboxylic acids is 1. The van der Waals surface area contributed by atoms with Crippen molar-refractivity contribution in [2.75, 3.05) is 6.54 Å². The van der Waals surface area contributed by atoms with E-state index in [9.17, 15) is 23.1 Å². The van der Waals surface area contributed by atoms with Crippen LogP contribution >= 0.6 is 0 Å².